The van der Waals surface area contributed by atoms with Gasteiger partial charge in [-0.2, -0.15) is 0 Å². The number of aromatic nitrogens is 2. The second-order valence-electron chi connectivity index (χ2n) is 8.90. The third kappa shape index (κ3) is 4.48. The molecule has 0 radical (unpaired) electrons. The predicted octanol–water partition coefficient (Wildman–Crippen LogP) is 3.54. The van der Waals surface area contributed by atoms with Crippen molar-refractivity contribution in [3.63, 3.8) is 0 Å². The average Bonchev–Trinajstić information content (AvgIpc) is 3.51. The number of likely N-dealkylation sites (tertiary alicyclic amines) is 2. The Labute approximate surface area is 196 Å². The van der Waals surface area contributed by atoms with E-state index in [1.165, 1.54) is 19.0 Å². The number of rotatable bonds is 5. The highest BCUT2D eigenvalue weighted by Gasteiger charge is 2.33. The van der Waals surface area contributed by atoms with Crippen LogP contribution in [0.2, 0.25) is 5.02 Å². The van der Waals surface area contributed by atoms with Crippen LogP contribution in [0.25, 0.3) is 0 Å². The van der Waals surface area contributed by atoms with Crippen LogP contribution < -0.4 is 10.2 Å². The zero-order chi connectivity index (χ0) is 22.9. The number of anilines is 2. The van der Waals surface area contributed by atoms with Gasteiger partial charge >= 0.3 is 0 Å². The number of halogens is 3. The first-order valence-corrected chi connectivity index (χ1v) is 11.9. The Morgan fingerprint density at radius 3 is 2.73 bits per heavy atom. The Hall–Kier alpha value is -2.52. The maximum absolute atomic E-state index is 14.4. The fraction of sp³-hybridized carbons (Fsp3) is 0.522. The minimum absolute atomic E-state index is 0.0325. The Kier molecular flexibility index (Phi) is 6.34. The summed E-state index contributed by atoms with van der Waals surface area (Å²) in [6.45, 7) is 4.89. The van der Waals surface area contributed by atoms with Gasteiger partial charge in [0.25, 0.3) is 5.91 Å². The first kappa shape index (κ1) is 22.3. The average molecular weight is 477 g/mol. The number of benzene rings is 1. The molecule has 3 aliphatic rings. The summed E-state index contributed by atoms with van der Waals surface area (Å²) in [5.41, 5.74) is 0.329. The van der Waals surface area contributed by atoms with E-state index in [1.54, 1.807) is 4.90 Å². The van der Waals surface area contributed by atoms with Crippen molar-refractivity contribution in [1.82, 2.24) is 19.8 Å². The minimum Gasteiger partial charge on any atom is -0.365 e. The number of nitrogens with one attached hydrogen (secondary N) is 1. The molecule has 176 valence electrons. The SMILES string of the molecule is O=C(c1cnc2c(n1)N(Cc1c(F)ccc(F)c1Cl)CCN2)N1CCCC1CN1CCCC1. The molecule has 5 rings (SSSR count). The molecule has 0 saturated carbocycles. The molecule has 0 bridgehead atoms. The molecule has 2 saturated heterocycles. The lowest BCUT2D eigenvalue weighted by Crippen LogP contribution is -2.43. The third-order valence-electron chi connectivity index (χ3n) is 6.74. The number of hydrogen-bond donors (Lipinski definition) is 1. The topological polar surface area (TPSA) is 64.6 Å². The second-order valence-corrected chi connectivity index (χ2v) is 9.28. The number of fused-ring (bicyclic) bond motifs is 1. The lowest BCUT2D eigenvalue weighted by molar-refractivity contribution is 0.0702. The van der Waals surface area contributed by atoms with E-state index in [-0.39, 0.29) is 34.8 Å². The number of carbonyl (C=O) groups is 1. The van der Waals surface area contributed by atoms with E-state index < -0.39 is 11.6 Å². The van der Waals surface area contributed by atoms with Gasteiger partial charge < -0.3 is 20.0 Å². The summed E-state index contributed by atoms with van der Waals surface area (Å²) in [7, 11) is 0. The fourth-order valence-corrected chi connectivity index (χ4v) is 5.22. The summed E-state index contributed by atoms with van der Waals surface area (Å²) < 4.78 is 28.3. The highest BCUT2D eigenvalue weighted by atomic mass is 35.5. The van der Waals surface area contributed by atoms with Crippen LogP contribution in [0.1, 0.15) is 41.7 Å². The first-order valence-electron chi connectivity index (χ1n) is 11.5. The molecule has 0 spiro atoms. The zero-order valence-electron chi connectivity index (χ0n) is 18.4. The van der Waals surface area contributed by atoms with Crippen LogP contribution in [0.15, 0.2) is 18.3 Å². The van der Waals surface area contributed by atoms with Crippen LogP contribution in [0, 0.1) is 11.6 Å². The molecule has 1 unspecified atom stereocenters. The van der Waals surface area contributed by atoms with E-state index in [2.05, 4.69) is 20.2 Å². The number of nitrogens with zero attached hydrogens (tertiary/aromatic N) is 5. The molecule has 10 heteroatoms. The second kappa shape index (κ2) is 9.38. The highest BCUT2D eigenvalue weighted by Crippen LogP contribution is 2.31. The van der Waals surface area contributed by atoms with Gasteiger partial charge in [-0.25, -0.2) is 18.7 Å². The zero-order valence-corrected chi connectivity index (χ0v) is 19.1. The van der Waals surface area contributed by atoms with Gasteiger partial charge in [0.15, 0.2) is 11.6 Å². The molecule has 7 nitrogen and oxygen atoms in total. The molecule has 0 aliphatic carbocycles. The fourth-order valence-electron chi connectivity index (χ4n) is 5.00. The lowest BCUT2D eigenvalue weighted by atomic mass is 10.1. The van der Waals surface area contributed by atoms with Gasteiger partial charge in [-0.1, -0.05) is 11.6 Å². The molecule has 33 heavy (non-hydrogen) atoms. The molecule has 3 aliphatic heterocycles. The molecule has 1 N–H and O–H groups in total. The summed E-state index contributed by atoms with van der Waals surface area (Å²) in [6, 6.07) is 2.26. The van der Waals surface area contributed by atoms with E-state index in [9.17, 15) is 13.6 Å². The van der Waals surface area contributed by atoms with Crippen LogP contribution in [-0.2, 0) is 6.54 Å². The normalized spacial score (nSPS) is 20.8. The maximum atomic E-state index is 14.4. The van der Waals surface area contributed by atoms with E-state index in [1.807, 2.05) is 4.90 Å². The smallest absolute Gasteiger partial charge is 0.274 e. The minimum atomic E-state index is -0.670. The van der Waals surface area contributed by atoms with Crippen molar-refractivity contribution in [3.05, 3.63) is 46.2 Å². The maximum Gasteiger partial charge on any atom is 0.274 e. The summed E-state index contributed by atoms with van der Waals surface area (Å²) in [5.74, 6) is -0.421. The molecular weight excluding hydrogens is 450 g/mol. The molecule has 4 heterocycles. The van der Waals surface area contributed by atoms with Gasteiger partial charge in [0, 0.05) is 44.3 Å². The summed E-state index contributed by atoms with van der Waals surface area (Å²) in [5, 5.41) is 2.93. The van der Waals surface area contributed by atoms with E-state index in [4.69, 9.17) is 11.6 Å². The Morgan fingerprint density at radius 1 is 1.12 bits per heavy atom. The summed E-state index contributed by atoms with van der Waals surface area (Å²) in [6.07, 6.45) is 5.91. The van der Waals surface area contributed by atoms with Gasteiger partial charge in [-0.3, -0.25) is 4.79 Å². The van der Waals surface area contributed by atoms with E-state index in [0.717, 1.165) is 44.6 Å². The molecule has 2 fully saturated rings. The van der Waals surface area contributed by atoms with Crippen LogP contribution in [-0.4, -0.2) is 71.0 Å². The Morgan fingerprint density at radius 2 is 1.91 bits per heavy atom. The summed E-state index contributed by atoms with van der Waals surface area (Å²) >= 11 is 6.04. The van der Waals surface area contributed by atoms with Crippen molar-refractivity contribution < 1.29 is 13.6 Å². The summed E-state index contributed by atoms with van der Waals surface area (Å²) in [4.78, 5) is 28.5. The molecule has 1 aromatic carbocycles. The Balaban J connectivity index is 1.38. The first-order chi connectivity index (χ1) is 16.0. The van der Waals surface area contributed by atoms with Crippen LogP contribution >= 0.6 is 11.6 Å². The van der Waals surface area contributed by atoms with Crippen molar-refractivity contribution in [1.29, 1.82) is 0 Å². The Bertz CT molecular complexity index is 1050. The monoisotopic (exact) mass is 476 g/mol. The highest BCUT2D eigenvalue weighted by molar-refractivity contribution is 6.31. The van der Waals surface area contributed by atoms with Crippen LogP contribution in [0.5, 0.6) is 0 Å². The lowest BCUT2D eigenvalue weighted by Gasteiger charge is -2.31. The van der Waals surface area contributed by atoms with Gasteiger partial charge in [0.05, 0.1) is 11.2 Å². The molecule has 1 aromatic heterocycles. The van der Waals surface area contributed by atoms with E-state index >= 15 is 0 Å². The number of carbonyl (C=O) groups excluding carboxylic acids is 1. The number of hydrogen-bond acceptors (Lipinski definition) is 6. The van der Waals surface area contributed by atoms with Gasteiger partial charge in [0.1, 0.15) is 17.3 Å². The third-order valence-corrected chi connectivity index (χ3v) is 7.15. The number of amides is 1. The van der Waals surface area contributed by atoms with Crippen molar-refractivity contribution in [2.75, 3.05) is 49.5 Å². The molecule has 2 aromatic rings. The standard InChI is InChI=1S/C23H27ClF2N6O/c24-20-16(17(25)5-6-18(20)26)14-31-11-7-27-21-22(31)29-19(12-28-21)23(33)32-10-3-4-15(32)13-30-8-1-2-9-30/h5-6,12,15H,1-4,7-11,13-14H2,(H,27,28). The van der Waals surface area contributed by atoms with Gasteiger partial charge in [-0.15, -0.1) is 0 Å². The van der Waals surface area contributed by atoms with Crippen LogP contribution in [0.4, 0.5) is 20.4 Å². The van der Waals surface area contributed by atoms with Gasteiger partial charge in [0.2, 0.25) is 0 Å². The molecular formula is C23H27ClF2N6O. The van der Waals surface area contributed by atoms with Crippen LogP contribution in [0.3, 0.4) is 0 Å². The predicted molar refractivity (Wildman–Crippen MR) is 123 cm³/mol. The van der Waals surface area contributed by atoms with Crippen molar-refractivity contribution >= 4 is 29.1 Å². The molecule has 1 atom stereocenters. The molecule has 1 amide bonds. The van der Waals surface area contributed by atoms with Crippen molar-refractivity contribution in [3.8, 4) is 0 Å². The van der Waals surface area contributed by atoms with E-state index in [0.29, 0.717) is 31.3 Å². The van der Waals surface area contributed by atoms with Crippen molar-refractivity contribution in [2.24, 2.45) is 0 Å². The largest absolute Gasteiger partial charge is 0.365 e. The quantitative estimate of drug-likeness (QED) is 0.666. The van der Waals surface area contributed by atoms with Crippen molar-refractivity contribution in [2.45, 2.75) is 38.3 Å². The van der Waals surface area contributed by atoms with Gasteiger partial charge in [-0.05, 0) is 50.9 Å².